The number of hydrogen-bond acceptors (Lipinski definition) is 2. The number of rotatable bonds is 1. The van der Waals surface area contributed by atoms with Crippen LogP contribution < -0.4 is 5.73 Å². The van der Waals surface area contributed by atoms with Gasteiger partial charge in [-0.1, -0.05) is 25.1 Å². The summed E-state index contributed by atoms with van der Waals surface area (Å²) in [6, 6.07) is 7.49. The zero-order valence-electron chi connectivity index (χ0n) is 12.1. The van der Waals surface area contributed by atoms with Crippen molar-refractivity contribution in [3.05, 3.63) is 35.5 Å². The van der Waals surface area contributed by atoms with Gasteiger partial charge in [0.05, 0.1) is 22.9 Å². The van der Waals surface area contributed by atoms with Crippen molar-refractivity contribution in [2.75, 3.05) is 0 Å². The molecule has 0 spiro atoms. The van der Waals surface area contributed by atoms with Crippen LogP contribution in [-0.2, 0) is 11.2 Å². The summed E-state index contributed by atoms with van der Waals surface area (Å²) in [5.74, 6) is 0. The van der Waals surface area contributed by atoms with Crippen LogP contribution in [-0.4, -0.2) is 16.2 Å². The molecule has 106 valence electrons. The molecule has 0 radical (unpaired) electrons. The zero-order valence-corrected chi connectivity index (χ0v) is 12.1. The van der Waals surface area contributed by atoms with E-state index in [1.807, 2.05) is 18.2 Å². The number of carbonyl (C=O) groups is 1. The fourth-order valence-corrected chi connectivity index (χ4v) is 3.27. The summed E-state index contributed by atoms with van der Waals surface area (Å²) < 4.78 is 7.76. The second kappa shape index (κ2) is 4.35. The SMILES string of the molecule is CC[C@@H]1OC(C)(C)Cc2c1n(C(N)=O)c1ccccc21. The second-order valence-electron chi connectivity index (χ2n) is 6.01. The Kier molecular flexibility index (Phi) is 2.87. The van der Waals surface area contributed by atoms with Gasteiger partial charge in [-0.25, -0.2) is 4.79 Å². The molecular formula is C16H20N2O2. The largest absolute Gasteiger partial charge is 0.366 e. The Hall–Kier alpha value is -1.81. The van der Waals surface area contributed by atoms with Crippen LogP contribution in [0.5, 0.6) is 0 Å². The fourth-order valence-electron chi connectivity index (χ4n) is 3.27. The minimum Gasteiger partial charge on any atom is -0.366 e. The van der Waals surface area contributed by atoms with E-state index in [2.05, 4.69) is 26.8 Å². The molecule has 2 N–H and O–H groups in total. The number of benzene rings is 1. The lowest BCUT2D eigenvalue weighted by molar-refractivity contribution is -0.0881. The highest BCUT2D eigenvalue weighted by atomic mass is 16.5. The van der Waals surface area contributed by atoms with Gasteiger partial charge in [0.2, 0.25) is 0 Å². The smallest absolute Gasteiger partial charge is 0.323 e. The molecule has 0 saturated heterocycles. The number of nitrogens with two attached hydrogens (primary N) is 1. The van der Waals surface area contributed by atoms with Gasteiger partial charge in [0.1, 0.15) is 0 Å². The number of fused-ring (bicyclic) bond motifs is 3. The molecule has 1 aliphatic rings. The quantitative estimate of drug-likeness (QED) is 0.865. The second-order valence-corrected chi connectivity index (χ2v) is 6.01. The van der Waals surface area contributed by atoms with Crippen LogP contribution in [0.2, 0.25) is 0 Å². The molecule has 1 amide bonds. The van der Waals surface area contributed by atoms with Crippen LogP contribution in [0, 0.1) is 0 Å². The lowest BCUT2D eigenvalue weighted by Gasteiger charge is -2.36. The van der Waals surface area contributed by atoms with Crippen molar-refractivity contribution >= 4 is 16.9 Å². The third-order valence-corrected chi connectivity index (χ3v) is 3.98. The molecule has 4 nitrogen and oxygen atoms in total. The van der Waals surface area contributed by atoms with Gasteiger partial charge in [-0.3, -0.25) is 4.57 Å². The highest BCUT2D eigenvalue weighted by Gasteiger charge is 2.37. The Balaban J connectivity index is 2.37. The third-order valence-electron chi connectivity index (χ3n) is 3.98. The molecule has 20 heavy (non-hydrogen) atoms. The van der Waals surface area contributed by atoms with E-state index in [4.69, 9.17) is 10.5 Å². The summed E-state index contributed by atoms with van der Waals surface area (Å²) in [5, 5.41) is 1.11. The van der Waals surface area contributed by atoms with Gasteiger partial charge in [0.15, 0.2) is 0 Å². The lowest BCUT2D eigenvalue weighted by atomic mass is 9.90. The van der Waals surface area contributed by atoms with Crippen LogP contribution >= 0.6 is 0 Å². The molecule has 4 heteroatoms. The van der Waals surface area contributed by atoms with Crippen LogP contribution in [0.25, 0.3) is 10.9 Å². The Morgan fingerprint density at radius 2 is 2.15 bits per heavy atom. The molecule has 1 aromatic heterocycles. The molecular weight excluding hydrogens is 252 g/mol. The molecule has 1 aromatic carbocycles. The maximum atomic E-state index is 11.9. The van der Waals surface area contributed by atoms with Gasteiger partial charge in [0.25, 0.3) is 0 Å². The molecule has 0 aliphatic carbocycles. The first-order chi connectivity index (χ1) is 9.44. The van der Waals surface area contributed by atoms with E-state index in [1.54, 1.807) is 4.57 Å². The Morgan fingerprint density at radius 1 is 1.45 bits per heavy atom. The van der Waals surface area contributed by atoms with Gasteiger partial charge in [-0.05, 0) is 31.9 Å². The van der Waals surface area contributed by atoms with Gasteiger partial charge in [0, 0.05) is 11.8 Å². The molecule has 1 atom stereocenters. The van der Waals surface area contributed by atoms with Crippen LogP contribution in [0.1, 0.15) is 44.6 Å². The van der Waals surface area contributed by atoms with Crippen molar-refractivity contribution in [1.82, 2.24) is 4.57 Å². The first-order valence-corrected chi connectivity index (χ1v) is 7.04. The minimum absolute atomic E-state index is 0.0892. The summed E-state index contributed by atoms with van der Waals surface area (Å²) in [5.41, 5.74) is 8.39. The molecule has 2 heterocycles. The number of amides is 1. The highest BCUT2D eigenvalue weighted by molar-refractivity contribution is 5.95. The monoisotopic (exact) mass is 272 g/mol. The van der Waals surface area contributed by atoms with Crippen LogP contribution in [0.4, 0.5) is 4.79 Å². The number of ether oxygens (including phenoxy) is 1. The third kappa shape index (κ3) is 1.83. The normalized spacial score (nSPS) is 20.9. The molecule has 2 aromatic rings. The van der Waals surface area contributed by atoms with Crippen LogP contribution in [0.3, 0.4) is 0 Å². The first kappa shape index (κ1) is 13.2. The van der Waals surface area contributed by atoms with Gasteiger partial charge in [-0.15, -0.1) is 0 Å². The number of para-hydroxylation sites is 1. The predicted molar refractivity (Wildman–Crippen MR) is 78.8 cm³/mol. The van der Waals surface area contributed by atoms with Crippen LogP contribution in [0.15, 0.2) is 24.3 Å². The van der Waals surface area contributed by atoms with E-state index >= 15 is 0 Å². The van der Waals surface area contributed by atoms with Gasteiger partial charge < -0.3 is 10.5 Å². The number of hydrogen-bond donors (Lipinski definition) is 1. The van der Waals surface area contributed by atoms with Crippen molar-refractivity contribution in [2.45, 2.75) is 45.3 Å². The summed E-state index contributed by atoms with van der Waals surface area (Å²) in [6.45, 7) is 6.25. The Labute approximate surface area is 118 Å². The number of carbonyl (C=O) groups excluding carboxylic acids is 1. The molecule has 0 fully saturated rings. The van der Waals surface area contributed by atoms with Gasteiger partial charge >= 0.3 is 6.03 Å². The Bertz CT molecular complexity index is 685. The van der Waals surface area contributed by atoms with E-state index in [0.717, 1.165) is 29.4 Å². The number of nitrogens with zero attached hydrogens (tertiary/aromatic N) is 1. The summed E-state index contributed by atoms with van der Waals surface area (Å²) in [4.78, 5) is 11.9. The molecule has 0 unspecified atom stereocenters. The minimum atomic E-state index is -0.441. The molecule has 0 bridgehead atoms. The summed E-state index contributed by atoms with van der Waals surface area (Å²) >= 11 is 0. The van der Waals surface area contributed by atoms with Crippen molar-refractivity contribution in [1.29, 1.82) is 0 Å². The standard InChI is InChI=1S/C16H20N2O2/c1-4-13-14-11(9-16(2,3)20-13)10-7-5-6-8-12(10)18(14)15(17)19/h5-8,13H,4,9H2,1-3H3,(H2,17,19)/t13-/m0/s1. The average molecular weight is 272 g/mol. The highest BCUT2D eigenvalue weighted by Crippen LogP contribution is 2.42. The average Bonchev–Trinajstić information content (AvgIpc) is 2.71. The summed E-state index contributed by atoms with van der Waals surface area (Å²) in [6.07, 6.45) is 1.52. The number of aromatic nitrogens is 1. The Morgan fingerprint density at radius 3 is 2.80 bits per heavy atom. The van der Waals surface area contributed by atoms with E-state index in [-0.39, 0.29) is 11.7 Å². The fraction of sp³-hybridized carbons (Fsp3) is 0.438. The van der Waals surface area contributed by atoms with E-state index in [0.29, 0.717) is 0 Å². The van der Waals surface area contributed by atoms with E-state index < -0.39 is 6.03 Å². The van der Waals surface area contributed by atoms with Crippen molar-refractivity contribution in [3.8, 4) is 0 Å². The van der Waals surface area contributed by atoms with E-state index in [1.165, 1.54) is 5.56 Å². The first-order valence-electron chi connectivity index (χ1n) is 7.04. The lowest BCUT2D eigenvalue weighted by Crippen LogP contribution is -2.36. The molecule has 1 aliphatic heterocycles. The zero-order chi connectivity index (χ0) is 14.5. The van der Waals surface area contributed by atoms with Crippen molar-refractivity contribution in [3.63, 3.8) is 0 Å². The molecule has 3 rings (SSSR count). The topological polar surface area (TPSA) is 57.2 Å². The van der Waals surface area contributed by atoms with Crippen molar-refractivity contribution < 1.29 is 9.53 Å². The predicted octanol–water partition coefficient (Wildman–Crippen LogP) is 3.37. The maximum absolute atomic E-state index is 11.9. The van der Waals surface area contributed by atoms with Gasteiger partial charge in [-0.2, -0.15) is 0 Å². The van der Waals surface area contributed by atoms with E-state index in [9.17, 15) is 4.79 Å². The summed E-state index contributed by atoms with van der Waals surface area (Å²) in [7, 11) is 0. The maximum Gasteiger partial charge on any atom is 0.323 e. The van der Waals surface area contributed by atoms with Crippen molar-refractivity contribution in [2.24, 2.45) is 5.73 Å². The molecule has 0 saturated carbocycles. The number of primary amides is 1.